The lowest BCUT2D eigenvalue weighted by atomic mass is 9.73. The Morgan fingerprint density at radius 3 is 2.62 bits per heavy atom. The highest BCUT2D eigenvalue weighted by Gasteiger charge is 2.39. The number of hydrogen-bond donors (Lipinski definition) is 3. The summed E-state index contributed by atoms with van der Waals surface area (Å²) in [6.45, 7) is 11.3. The average molecular weight is 364 g/mol. The van der Waals surface area contributed by atoms with Crippen LogP contribution in [-0.2, 0) is 0 Å². The highest BCUT2D eigenvalue weighted by atomic mass is 16.5. The van der Waals surface area contributed by atoms with Crippen molar-refractivity contribution >= 4 is 11.7 Å². The monoisotopic (exact) mass is 363 g/mol. The number of aliphatic hydroxyl groups is 1. The zero-order chi connectivity index (χ0) is 19.2. The number of anilines is 1. The van der Waals surface area contributed by atoms with Crippen LogP contribution in [0.4, 0.5) is 10.5 Å². The van der Waals surface area contributed by atoms with Crippen LogP contribution in [0, 0.1) is 11.3 Å². The number of amides is 2. The molecular weight excluding hydrogens is 330 g/mol. The summed E-state index contributed by atoms with van der Waals surface area (Å²) in [7, 11) is 0. The molecule has 6 heteroatoms. The highest BCUT2D eigenvalue weighted by Crippen LogP contribution is 2.40. The van der Waals surface area contributed by atoms with E-state index in [1.807, 2.05) is 19.1 Å². The van der Waals surface area contributed by atoms with E-state index in [0.29, 0.717) is 25.1 Å². The molecule has 1 aliphatic rings. The van der Waals surface area contributed by atoms with Gasteiger partial charge in [0.25, 0.3) is 0 Å². The number of urea groups is 1. The number of rotatable bonds is 7. The minimum absolute atomic E-state index is 0.0487. The molecule has 6 nitrogen and oxygen atoms in total. The molecule has 1 aromatic rings. The van der Waals surface area contributed by atoms with Crippen LogP contribution in [-0.4, -0.2) is 50.0 Å². The molecule has 1 aromatic carbocycles. The maximum absolute atomic E-state index is 11.8. The smallest absolute Gasteiger partial charge is 0.314 e. The van der Waals surface area contributed by atoms with Gasteiger partial charge in [0.1, 0.15) is 5.75 Å². The largest absolute Gasteiger partial charge is 0.494 e. The Bertz CT molecular complexity index is 574. The highest BCUT2D eigenvalue weighted by molar-refractivity contribution is 5.73. The lowest BCUT2D eigenvalue weighted by molar-refractivity contribution is 0.170. The van der Waals surface area contributed by atoms with Crippen molar-refractivity contribution in [2.75, 3.05) is 37.7 Å². The number of ether oxygens (including phenoxy) is 1. The van der Waals surface area contributed by atoms with Gasteiger partial charge in [-0.05, 0) is 55.9 Å². The molecule has 3 N–H and O–H groups in total. The molecule has 26 heavy (non-hydrogen) atoms. The first-order chi connectivity index (χ1) is 12.4. The number of benzene rings is 1. The van der Waals surface area contributed by atoms with Crippen LogP contribution in [0.3, 0.4) is 0 Å². The van der Waals surface area contributed by atoms with Crippen LogP contribution in [0.5, 0.6) is 5.75 Å². The third-order valence-electron chi connectivity index (χ3n) is 5.30. The number of piperidine rings is 1. The van der Waals surface area contributed by atoms with Crippen molar-refractivity contribution in [2.45, 2.75) is 40.2 Å². The Hall–Kier alpha value is -1.95. The number of nitrogens with zero attached hydrogens (tertiary/aromatic N) is 1. The summed E-state index contributed by atoms with van der Waals surface area (Å²) in [6.07, 6.45) is 1.06. The Kier molecular flexibility index (Phi) is 7.14. The maximum atomic E-state index is 11.8. The van der Waals surface area contributed by atoms with Gasteiger partial charge in [-0.25, -0.2) is 4.79 Å². The fourth-order valence-electron chi connectivity index (χ4n) is 3.67. The van der Waals surface area contributed by atoms with Crippen molar-refractivity contribution in [2.24, 2.45) is 11.3 Å². The predicted octanol–water partition coefficient (Wildman–Crippen LogP) is 2.62. The molecule has 2 rings (SSSR count). The zero-order valence-electron chi connectivity index (χ0n) is 16.4. The van der Waals surface area contributed by atoms with Gasteiger partial charge in [0.15, 0.2) is 0 Å². The molecule has 1 heterocycles. The summed E-state index contributed by atoms with van der Waals surface area (Å²) in [5.41, 5.74) is 1.33. The summed E-state index contributed by atoms with van der Waals surface area (Å²) in [4.78, 5) is 14.2. The lowest BCUT2D eigenvalue weighted by Crippen LogP contribution is -2.54. The van der Waals surface area contributed by atoms with Crippen molar-refractivity contribution in [3.8, 4) is 5.75 Å². The van der Waals surface area contributed by atoms with Crippen LogP contribution < -0.4 is 20.3 Å². The van der Waals surface area contributed by atoms with E-state index in [9.17, 15) is 4.79 Å². The number of aliphatic hydroxyl groups excluding tert-OH is 1. The van der Waals surface area contributed by atoms with Gasteiger partial charge in [0, 0.05) is 31.4 Å². The molecule has 146 valence electrons. The average Bonchev–Trinajstić information content (AvgIpc) is 2.61. The second-order valence-corrected chi connectivity index (χ2v) is 7.67. The summed E-state index contributed by atoms with van der Waals surface area (Å²) in [6, 6.07) is 8.44. The van der Waals surface area contributed by atoms with Gasteiger partial charge in [-0.3, -0.25) is 0 Å². The molecular formula is C20H33N3O3. The van der Waals surface area contributed by atoms with Crippen LogP contribution in [0.15, 0.2) is 24.3 Å². The van der Waals surface area contributed by atoms with Crippen molar-refractivity contribution in [1.82, 2.24) is 10.6 Å². The molecule has 1 unspecified atom stereocenters. The number of nitrogens with one attached hydrogen (secondary N) is 2. The van der Waals surface area contributed by atoms with Gasteiger partial charge in [-0.1, -0.05) is 13.8 Å². The van der Waals surface area contributed by atoms with Gasteiger partial charge < -0.3 is 25.4 Å². The van der Waals surface area contributed by atoms with Crippen LogP contribution >= 0.6 is 0 Å². The van der Waals surface area contributed by atoms with Gasteiger partial charge in [0.05, 0.1) is 13.2 Å². The maximum Gasteiger partial charge on any atom is 0.314 e. The second kappa shape index (κ2) is 9.12. The Morgan fingerprint density at radius 2 is 2.00 bits per heavy atom. The fourth-order valence-corrected chi connectivity index (χ4v) is 3.67. The fraction of sp³-hybridized carbons (Fsp3) is 0.650. The molecule has 2 amide bonds. The number of carbonyl (C=O) groups excluding carboxylic acids is 1. The minimum atomic E-state index is -0.219. The SMILES string of the molecule is CCOc1ccc(N2C[C@H](CNC(=O)NCCO)CC(C)(C)C2C)cc1. The third kappa shape index (κ3) is 5.27. The van der Waals surface area contributed by atoms with E-state index in [4.69, 9.17) is 9.84 Å². The lowest BCUT2D eigenvalue weighted by Gasteiger charge is -2.49. The Labute approximate surface area is 156 Å². The first-order valence-corrected chi connectivity index (χ1v) is 9.49. The van der Waals surface area contributed by atoms with Crippen molar-refractivity contribution in [1.29, 1.82) is 0 Å². The molecule has 1 saturated heterocycles. The van der Waals surface area contributed by atoms with Gasteiger partial charge in [-0.2, -0.15) is 0 Å². The van der Waals surface area contributed by atoms with E-state index in [1.165, 1.54) is 5.69 Å². The zero-order valence-corrected chi connectivity index (χ0v) is 16.4. The normalized spacial score (nSPS) is 22.0. The number of hydrogen-bond acceptors (Lipinski definition) is 4. The van der Waals surface area contributed by atoms with E-state index in [0.717, 1.165) is 18.7 Å². The molecule has 0 spiro atoms. The van der Waals surface area contributed by atoms with Gasteiger partial charge in [0.2, 0.25) is 0 Å². The Morgan fingerprint density at radius 1 is 1.31 bits per heavy atom. The van der Waals surface area contributed by atoms with Crippen molar-refractivity contribution in [3.63, 3.8) is 0 Å². The summed E-state index contributed by atoms with van der Waals surface area (Å²) in [5, 5.41) is 14.4. The number of carbonyl (C=O) groups is 1. The predicted molar refractivity (Wildman–Crippen MR) is 105 cm³/mol. The first kappa shape index (κ1) is 20.4. The Balaban J connectivity index is 2.04. The topological polar surface area (TPSA) is 73.8 Å². The van der Waals surface area contributed by atoms with Gasteiger partial charge in [-0.15, -0.1) is 0 Å². The molecule has 0 aliphatic carbocycles. The minimum Gasteiger partial charge on any atom is -0.494 e. The second-order valence-electron chi connectivity index (χ2n) is 7.67. The van der Waals surface area contributed by atoms with Crippen LogP contribution in [0.2, 0.25) is 0 Å². The molecule has 1 fully saturated rings. The first-order valence-electron chi connectivity index (χ1n) is 9.49. The van der Waals surface area contributed by atoms with Crippen molar-refractivity contribution < 1.29 is 14.6 Å². The molecule has 0 saturated carbocycles. The molecule has 0 radical (unpaired) electrons. The van der Waals surface area contributed by atoms with Crippen LogP contribution in [0.1, 0.15) is 34.1 Å². The van der Waals surface area contributed by atoms with E-state index < -0.39 is 0 Å². The molecule has 2 atom stereocenters. The van der Waals surface area contributed by atoms with Crippen molar-refractivity contribution in [3.05, 3.63) is 24.3 Å². The van der Waals surface area contributed by atoms with Gasteiger partial charge >= 0.3 is 6.03 Å². The van der Waals surface area contributed by atoms with E-state index >= 15 is 0 Å². The van der Waals surface area contributed by atoms with Crippen LogP contribution in [0.25, 0.3) is 0 Å². The molecule has 0 bridgehead atoms. The third-order valence-corrected chi connectivity index (χ3v) is 5.30. The molecule has 1 aliphatic heterocycles. The summed E-state index contributed by atoms with van der Waals surface area (Å²) in [5.74, 6) is 1.26. The standard InChI is InChI=1S/C20H33N3O3/c1-5-26-18-8-6-17(7-9-18)23-14-16(12-20(3,4)15(23)2)13-22-19(25)21-10-11-24/h6-9,15-16,24H,5,10-14H2,1-4H3,(H2,21,22,25)/t15?,16-/m0/s1. The van der Waals surface area contributed by atoms with E-state index in [2.05, 4.69) is 48.4 Å². The summed E-state index contributed by atoms with van der Waals surface area (Å²) < 4.78 is 5.54. The molecule has 0 aromatic heterocycles. The van der Waals surface area contributed by atoms with E-state index in [1.54, 1.807) is 0 Å². The van der Waals surface area contributed by atoms with E-state index in [-0.39, 0.29) is 24.6 Å². The quantitative estimate of drug-likeness (QED) is 0.696. The summed E-state index contributed by atoms with van der Waals surface area (Å²) >= 11 is 0.